The third-order valence-corrected chi connectivity index (χ3v) is 3.78. The summed E-state index contributed by atoms with van der Waals surface area (Å²) in [7, 11) is 1.96. The van der Waals surface area contributed by atoms with Gasteiger partial charge < -0.3 is 21.3 Å². The van der Waals surface area contributed by atoms with Crippen molar-refractivity contribution >= 4 is 17.3 Å². The van der Waals surface area contributed by atoms with E-state index >= 15 is 0 Å². The Labute approximate surface area is 154 Å². The van der Waals surface area contributed by atoms with E-state index in [2.05, 4.69) is 23.8 Å². The van der Waals surface area contributed by atoms with Crippen LogP contribution in [0.15, 0.2) is 91.1 Å². The number of carbonyl (C=O) groups is 1. The Hall–Kier alpha value is -3.47. The Balaban J connectivity index is 2.15. The van der Waals surface area contributed by atoms with Crippen LogP contribution < -0.4 is 16.4 Å². The Morgan fingerprint density at radius 2 is 1.92 bits per heavy atom. The molecular formula is C21H24N4O. The number of amides is 2. The molecule has 134 valence electrons. The number of carbonyl (C=O) groups excluding carboxylic acids is 1. The number of hydrogen-bond donors (Lipinski definition) is 3. The van der Waals surface area contributed by atoms with Crippen LogP contribution in [0, 0.1) is 0 Å². The SMILES string of the molecule is C=C/C=C(\C=C)NC(=O)Nc1ccc(C2=CC=CN(C)/C2=C(\C)N)cc1. The van der Waals surface area contributed by atoms with Crippen LogP contribution in [0.5, 0.6) is 0 Å². The quantitative estimate of drug-likeness (QED) is 0.702. The molecule has 4 N–H and O–H groups in total. The van der Waals surface area contributed by atoms with E-state index in [0.29, 0.717) is 11.4 Å². The van der Waals surface area contributed by atoms with Gasteiger partial charge in [0.1, 0.15) is 0 Å². The van der Waals surface area contributed by atoms with Gasteiger partial charge in [0.25, 0.3) is 0 Å². The summed E-state index contributed by atoms with van der Waals surface area (Å²) in [6, 6.07) is 7.25. The molecule has 5 heteroatoms. The Morgan fingerprint density at radius 3 is 2.50 bits per heavy atom. The largest absolute Gasteiger partial charge is 0.401 e. The summed E-state index contributed by atoms with van der Waals surface area (Å²) >= 11 is 0. The average molecular weight is 348 g/mol. The van der Waals surface area contributed by atoms with Crippen LogP contribution >= 0.6 is 0 Å². The molecule has 0 radical (unpaired) electrons. The van der Waals surface area contributed by atoms with Crippen LogP contribution in [-0.2, 0) is 0 Å². The minimum atomic E-state index is -0.344. The molecule has 0 unspecified atom stereocenters. The zero-order valence-corrected chi connectivity index (χ0v) is 15.1. The number of allylic oxidation sites excluding steroid dienone is 7. The number of nitrogens with one attached hydrogen (secondary N) is 2. The summed E-state index contributed by atoms with van der Waals surface area (Å²) in [6.07, 6.45) is 10.8. The number of urea groups is 1. The van der Waals surface area contributed by atoms with Gasteiger partial charge in [0.05, 0.1) is 5.70 Å². The van der Waals surface area contributed by atoms with Crippen molar-refractivity contribution in [1.82, 2.24) is 10.2 Å². The number of nitrogens with zero attached hydrogens (tertiary/aromatic N) is 1. The lowest BCUT2D eigenvalue weighted by atomic mass is 9.98. The first-order chi connectivity index (χ1) is 12.5. The molecule has 0 bridgehead atoms. The molecule has 0 aliphatic carbocycles. The first-order valence-corrected chi connectivity index (χ1v) is 8.18. The third-order valence-electron chi connectivity index (χ3n) is 3.78. The normalized spacial score (nSPS) is 15.8. The van der Waals surface area contributed by atoms with Crippen molar-refractivity contribution in [1.29, 1.82) is 0 Å². The van der Waals surface area contributed by atoms with Gasteiger partial charge in [-0.2, -0.15) is 0 Å². The fourth-order valence-corrected chi connectivity index (χ4v) is 2.65. The van der Waals surface area contributed by atoms with Crippen LogP contribution in [0.2, 0.25) is 0 Å². The molecular weight excluding hydrogens is 324 g/mol. The van der Waals surface area contributed by atoms with E-state index < -0.39 is 0 Å². The van der Waals surface area contributed by atoms with Gasteiger partial charge in [-0.05, 0) is 42.8 Å². The second kappa shape index (κ2) is 8.58. The summed E-state index contributed by atoms with van der Waals surface area (Å²) in [6.45, 7) is 9.12. The van der Waals surface area contributed by atoms with Crippen molar-refractivity contribution in [3.05, 3.63) is 96.7 Å². The van der Waals surface area contributed by atoms with E-state index in [1.165, 1.54) is 0 Å². The van der Waals surface area contributed by atoms with E-state index in [0.717, 1.165) is 22.5 Å². The molecule has 0 aromatic heterocycles. The Kier molecular flexibility index (Phi) is 6.22. The number of hydrogen-bond acceptors (Lipinski definition) is 3. The van der Waals surface area contributed by atoms with Crippen molar-refractivity contribution in [3.8, 4) is 0 Å². The second-order valence-corrected chi connectivity index (χ2v) is 5.78. The standard InChI is InChI=1S/C21H24N4O/c1-5-8-17(6-2)23-21(26)24-18-12-10-16(11-13-18)19-9-7-14-25(4)20(19)15(3)22/h5-14H,1-2,22H2,3-4H3,(H2,23,24,26)/b17-8+,20-15+. The van der Waals surface area contributed by atoms with Crippen LogP contribution in [0.25, 0.3) is 5.57 Å². The molecule has 26 heavy (non-hydrogen) atoms. The lowest BCUT2D eigenvalue weighted by Crippen LogP contribution is -2.27. The lowest BCUT2D eigenvalue weighted by molar-refractivity contribution is 0.254. The van der Waals surface area contributed by atoms with Gasteiger partial charge in [0.2, 0.25) is 0 Å². The molecule has 0 atom stereocenters. The van der Waals surface area contributed by atoms with E-state index in [1.54, 1.807) is 18.2 Å². The van der Waals surface area contributed by atoms with E-state index in [9.17, 15) is 4.79 Å². The van der Waals surface area contributed by atoms with Crippen molar-refractivity contribution in [3.63, 3.8) is 0 Å². The molecule has 1 heterocycles. The first kappa shape index (κ1) is 18.9. The molecule has 1 aliphatic heterocycles. The molecule has 0 saturated heterocycles. The number of likely N-dealkylation sites (N-methyl/N-ethyl adjacent to an activating group) is 1. The number of anilines is 1. The van der Waals surface area contributed by atoms with Gasteiger partial charge >= 0.3 is 6.03 Å². The molecule has 0 saturated carbocycles. The predicted molar refractivity (Wildman–Crippen MR) is 109 cm³/mol. The zero-order valence-electron chi connectivity index (χ0n) is 15.1. The van der Waals surface area contributed by atoms with Crippen LogP contribution in [0.1, 0.15) is 12.5 Å². The predicted octanol–water partition coefficient (Wildman–Crippen LogP) is 4.10. The minimum absolute atomic E-state index is 0.344. The van der Waals surface area contributed by atoms with Crippen molar-refractivity contribution in [2.24, 2.45) is 5.73 Å². The smallest absolute Gasteiger partial charge is 0.323 e. The van der Waals surface area contributed by atoms with Crippen molar-refractivity contribution in [2.75, 3.05) is 12.4 Å². The number of nitrogens with two attached hydrogens (primary N) is 1. The summed E-state index contributed by atoms with van der Waals surface area (Å²) in [5.41, 5.74) is 11.1. The van der Waals surface area contributed by atoms with Crippen LogP contribution in [0.4, 0.5) is 10.5 Å². The van der Waals surface area contributed by atoms with Gasteiger partial charge in [0, 0.05) is 35.9 Å². The highest BCUT2D eigenvalue weighted by Crippen LogP contribution is 2.30. The summed E-state index contributed by atoms with van der Waals surface area (Å²) in [5, 5.41) is 5.48. The third kappa shape index (κ3) is 4.54. The molecule has 2 rings (SSSR count). The highest BCUT2D eigenvalue weighted by molar-refractivity contribution is 5.91. The number of benzene rings is 1. The lowest BCUT2D eigenvalue weighted by Gasteiger charge is -2.25. The van der Waals surface area contributed by atoms with Gasteiger partial charge in [-0.15, -0.1) is 0 Å². The van der Waals surface area contributed by atoms with E-state index in [-0.39, 0.29) is 6.03 Å². The van der Waals surface area contributed by atoms with E-state index in [4.69, 9.17) is 5.73 Å². The minimum Gasteiger partial charge on any atom is -0.401 e. The molecule has 5 nitrogen and oxygen atoms in total. The van der Waals surface area contributed by atoms with Crippen molar-refractivity contribution < 1.29 is 4.79 Å². The molecule has 0 fully saturated rings. The molecule has 1 aromatic rings. The highest BCUT2D eigenvalue weighted by Gasteiger charge is 2.15. The Morgan fingerprint density at radius 1 is 1.23 bits per heavy atom. The van der Waals surface area contributed by atoms with Gasteiger partial charge in [-0.25, -0.2) is 4.79 Å². The fourth-order valence-electron chi connectivity index (χ4n) is 2.65. The molecule has 1 aromatic carbocycles. The van der Waals surface area contributed by atoms with Gasteiger partial charge in [-0.3, -0.25) is 0 Å². The summed E-state index contributed by atoms with van der Waals surface area (Å²) in [5.74, 6) is 0. The van der Waals surface area contributed by atoms with Crippen LogP contribution in [-0.4, -0.2) is 18.0 Å². The van der Waals surface area contributed by atoms with Crippen LogP contribution in [0.3, 0.4) is 0 Å². The molecule has 0 spiro atoms. The molecule has 2 amide bonds. The fraction of sp³-hybridized carbons (Fsp3) is 0.0952. The zero-order chi connectivity index (χ0) is 19.1. The topological polar surface area (TPSA) is 70.4 Å². The molecule has 1 aliphatic rings. The summed E-state index contributed by atoms with van der Waals surface area (Å²) in [4.78, 5) is 14.0. The van der Waals surface area contributed by atoms with Crippen molar-refractivity contribution in [2.45, 2.75) is 6.92 Å². The van der Waals surface area contributed by atoms with Gasteiger partial charge in [0.15, 0.2) is 0 Å². The maximum absolute atomic E-state index is 12.0. The summed E-state index contributed by atoms with van der Waals surface area (Å²) < 4.78 is 0. The Bertz CT molecular complexity index is 822. The van der Waals surface area contributed by atoms with E-state index in [1.807, 2.05) is 61.5 Å². The van der Waals surface area contributed by atoms with Gasteiger partial charge in [-0.1, -0.05) is 37.4 Å². The maximum atomic E-state index is 12.0. The first-order valence-electron chi connectivity index (χ1n) is 8.18. The maximum Gasteiger partial charge on any atom is 0.323 e. The monoisotopic (exact) mass is 348 g/mol. The number of rotatable bonds is 5. The average Bonchev–Trinajstić information content (AvgIpc) is 2.61. The second-order valence-electron chi connectivity index (χ2n) is 5.78. The highest BCUT2D eigenvalue weighted by atomic mass is 16.2.